The molecule has 0 spiro atoms. The molecule has 3 heteroatoms. The highest BCUT2D eigenvalue weighted by Gasteiger charge is 2.22. The summed E-state index contributed by atoms with van der Waals surface area (Å²) < 4.78 is 0. The molecule has 3 nitrogen and oxygen atoms in total. The minimum Gasteiger partial charge on any atom is -0.386 e. The maximum Gasteiger partial charge on any atom is 0.195 e. The van der Waals surface area contributed by atoms with Gasteiger partial charge in [-0.3, -0.25) is 4.79 Å². The summed E-state index contributed by atoms with van der Waals surface area (Å²) in [4.78, 5) is 12.3. The first kappa shape index (κ1) is 14.4. The maximum atomic E-state index is 12.3. The summed E-state index contributed by atoms with van der Waals surface area (Å²) in [5.74, 6) is -0.373. The monoisotopic (exact) mass is 270 g/mol. The Morgan fingerprint density at radius 3 is 2.30 bits per heavy atom. The van der Waals surface area contributed by atoms with E-state index < -0.39 is 11.7 Å². The molecule has 2 N–H and O–H groups in total. The molecule has 0 amide bonds. The summed E-state index contributed by atoms with van der Waals surface area (Å²) in [7, 11) is 0. The number of benzene rings is 2. The first-order valence-electron chi connectivity index (χ1n) is 6.50. The molecule has 1 unspecified atom stereocenters. The molecule has 2 aromatic rings. The van der Waals surface area contributed by atoms with Crippen LogP contribution in [0.25, 0.3) is 0 Å². The quantitative estimate of drug-likeness (QED) is 0.840. The van der Waals surface area contributed by atoms with Crippen molar-refractivity contribution in [2.45, 2.75) is 25.6 Å². The normalized spacial score (nSPS) is 13.0. The average Bonchev–Trinajstić information content (AvgIpc) is 2.46. The van der Waals surface area contributed by atoms with E-state index in [2.05, 4.69) is 0 Å². The molecule has 0 fully saturated rings. The lowest BCUT2D eigenvalue weighted by molar-refractivity contribution is 0.0739. The smallest absolute Gasteiger partial charge is 0.195 e. The van der Waals surface area contributed by atoms with Gasteiger partial charge < -0.3 is 10.2 Å². The van der Waals surface area contributed by atoms with Crippen LogP contribution in [0.15, 0.2) is 54.6 Å². The standard InChI is InChI=1S/C17H18O3/c1-17(2,20)14-10-6-9-13(11-14)16(19)15(18)12-7-4-3-5-8-12/h3-11,15,18,20H,1-2H3. The van der Waals surface area contributed by atoms with Gasteiger partial charge in [-0.25, -0.2) is 0 Å². The molecule has 0 aliphatic heterocycles. The Morgan fingerprint density at radius 1 is 1.05 bits per heavy atom. The van der Waals surface area contributed by atoms with Crippen LogP contribution in [0.3, 0.4) is 0 Å². The fourth-order valence-corrected chi connectivity index (χ4v) is 2.00. The van der Waals surface area contributed by atoms with Crippen LogP contribution >= 0.6 is 0 Å². The van der Waals surface area contributed by atoms with Gasteiger partial charge in [-0.2, -0.15) is 0 Å². The van der Waals surface area contributed by atoms with Gasteiger partial charge in [0.15, 0.2) is 5.78 Å². The number of carbonyl (C=O) groups is 1. The molecule has 0 bridgehead atoms. The number of hydrogen-bond acceptors (Lipinski definition) is 3. The second-order valence-electron chi connectivity index (χ2n) is 5.32. The molecule has 0 saturated carbocycles. The highest BCUT2D eigenvalue weighted by molar-refractivity contribution is 6.00. The number of rotatable bonds is 4. The number of ketones is 1. The van der Waals surface area contributed by atoms with E-state index in [1.54, 1.807) is 62.4 Å². The first-order valence-corrected chi connectivity index (χ1v) is 6.50. The van der Waals surface area contributed by atoms with Crippen molar-refractivity contribution < 1.29 is 15.0 Å². The molecule has 0 saturated heterocycles. The highest BCUT2D eigenvalue weighted by Crippen LogP contribution is 2.23. The third-order valence-corrected chi connectivity index (χ3v) is 3.22. The molecule has 104 valence electrons. The molecule has 0 aliphatic carbocycles. The second-order valence-corrected chi connectivity index (χ2v) is 5.32. The molecule has 0 radical (unpaired) electrons. The van der Waals surface area contributed by atoms with E-state index in [4.69, 9.17) is 0 Å². The maximum absolute atomic E-state index is 12.3. The van der Waals surface area contributed by atoms with Crippen molar-refractivity contribution in [2.75, 3.05) is 0 Å². The van der Waals surface area contributed by atoms with E-state index in [9.17, 15) is 15.0 Å². The molecule has 1 atom stereocenters. The minimum absolute atomic E-state index is 0.373. The van der Waals surface area contributed by atoms with E-state index in [0.717, 1.165) is 0 Å². The van der Waals surface area contributed by atoms with Gasteiger partial charge in [-0.1, -0.05) is 48.5 Å². The van der Waals surface area contributed by atoms with Crippen molar-refractivity contribution in [2.24, 2.45) is 0 Å². The van der Waals surface area contributed by atoms with Gasteiger partial charge >= 0.3 is 0 Å². The van der Waals surface area contributed by atoms with Gasteiger partial charge in [0.25, 0.3) is 0 Å². The van der Waals surface area contributed by atoms with Gasteiger partial charge in [-0.15, -0.1) is 0 Å². The zero-order chi connectivity index (χ0) is 14.8. The molecule has 0 aliphatic rings. The number of aliphatic hydroxyl groups is 2. The van der Waals surface area contributed by atoms with E-state index in [0.29, 0.717) is 16.7 Å². The predicted molar refractivity (Wildman–Crippen MR) is 77.4 cm³/mol. The zero-order valence-corrected chi connectivity index (χ0v) is 11.6. The third kappa shape index (κ3) is 3.13. The summed E-state index contributed by atoms with van der Waals surface area (Å²) in [6.45, 7) is 3.31. The molecule has 2 rings (SSSR count). The van der Waals surface area contributed by atoms with Crippen molar-refractivity contribution in [1.29, 1.82) is 0 Å². The SMILES string of the molecule is CC(C)(O)c1cccc(C(=O)C(O)c2ccccc2)c1. The molecular weight excluding hydrogens is 252 g/mol. The molecule has 0 heterocycles. The largest absolute Gasteiger partial charge is 0.386 e. The summed E-state index contributed by atoms with van der Waals surface area (Å²) in [5, 5.41) is 20.1. The van der Waals surface area contributed by atoms with Crippen molar-refractivity contribution >= 4 is 5.78 Å². The van der Waals surface area contributed by atoms with E-state index >= 15 is 0 Å². The van der Waals surface area contributed by atoms with Gasteiger partial charge in [0.2, 0.25) is 0 Å². The number of carbonyl (C=O) groups excluding carboxylic acids is 1. The third-order valence-electron chi connectivity index (χ3n) is 3.22. The van der Waals surface area contributed by atoms with Crippen molar-refractivity contribution in [3.8, 4) is 0 Å². The Bertz CT molecular complexity index is 597. The van der Waals surface area contributed by atoms with Gasteiger partial charge in [-0.05, 0) is 31.0 Å². The van der Waals surface area contributed by atoms with Crippen LogP contribution in [0.4, 0.5) is 0 Å². The Kier molecular flexibility index (Phi) is 4.02. The van der Waals surface area contributed by atoms with Crippen LogP contribution in [0.2, 0.25) is 0 Å². The van der Waals surface area contributed by atoms with E-state index in [-0.39, 0.29) is 5.78 Å². The van der Waals surface area contributed by atoms with Crippen LogP contribution in [0.1, 0.15) is 41.4 Å². The van der Waals surface area contributed by atoms with Crippen LogP contribution in [-0.4, -0.2) is 16.0 Å². The summed E-state index contributed by atoms with van der Waals surface area (Å²) in [6.07, 6.45) is -1.19. The molecule has 0 aromatic heterocycles. The van der Waals surface area contributed by atoms with Crippen molar-refractivity contribution in [3.63, 3.8) is 0 Å². The lowest BCUT2D eigenvalue weighted by atomic mass is 9.93. The topological polar surface area (TPSA) is 57.5 Å². The van der Waals surface area contributed by atoms with E-state index in [1.807, 2.05) is 6.07 Å². The van der Waals surface area contributed by atoms with Gasteiger partial charge in [0.05, 0.1) is 5.60 Å². The number of aliphatic hydroxyl groups excluding tert-OH is 1. The first-order chi connectivity index (χ1) is 9.39. The lowest BCUT2D eigenvalue weighted by Crippen LogP contribution is -2.17. The van der Waals surface area contributed by atoms with Crippen LogP contribution in [0, 0.1) is 0 Å². The minimum atomic E-state index is -1.19. The number of Topliss-reactive ketones (excluding diaryl/α,β-unsaturated/α-hetero) is 1. The van der Waals surface area contributed by atoms with Gasteiger partial charge in [0.1, 0.15) is 6.10 Å². The van der Waals surface area contributed by atoms with Crippen LogP contribution in [0.5, 0.6) is 0 Å². The lowest BCUT2D eigenvalue weighted by Gasteiger charge is -2.19. The molecular formula is C17H18O3. The highest BCUT2D eigenvalue weighted by atomic mass is 16.3. The molecule has 2 aromatic carbocycles. The summed E-state index contributed by atoms with van der Waals surface area (Å²) >= 11 is 0. The summed E-state index contributed by atoms with van der Waals surface area (Å²) in [6, 6.07) is 15.5. The average molecular weight is 270 g/mol. The summed E-state index contributed by atoms with van der Waals surface area (Å²) in [5.41, 5.74) is 0.573. The van der Waals surface area contributed by atoms with Crippen molar-refractivity contribution in [1.82, 2.24) is 0 Å². The van der Waals surface area contributed by atoms with Crippen LogP contribution in [-0.2, 0) is 5.60 Å². The number of hydrogen-bond donors (Lipinski definition) is 2. The van der Waals surface area contributed by atoms with Gasteiger partial charge in [0, 0.05) is 5.56 Å². The van der Waals surface area contributed by atoms with Crippen LogP contribution < -0.4 is 0 Å². The Morgan fingerprint density at radius 2 is 1.70 bits per heavy atom. The predicted octanol–water partition coefficient (Wildman–Crippen LogP) is 2.83. The second kappa shape index (κ2) is 5.57. The Hall–Kier alpha value is -1.97. The fourth-order valence-electron chi connectivity index (χ4n) is 2.00. The Balaban J connectivity index is 2.30. The molecule has 20 heavy (non-hydrogen) atoms. The fraction of sp³-hybridized carbons (Fsp3) is 0.235. The van der Waals surface area contributed by atoms with E-state index in [1.165, 1.54) is 0 Å². The Labute approximate surface area is 118 Å². The zero-order valence-electron chi connectivity index (χ0n) is 11.6. The van der Waals surface area contributed by atoms with Crippen molar-refractivity contribution in [3.05, 3.63) is 71.3 Å².